The van der Waals surface area contributed by atoms with E-state index in [9.17, 15) is 14.0 Å². The molecule has 0 spiro atoms. The summed E-state index contributed by atoms with van der Waals surface area (Å²) in [6.45, 7) is 5.50. The number of nitrogens with zero attached hydrogens (tertiary/aromatic N) is 4. The highest BCUT2D eigenvalue weighted by atomic mass is 19.1. The van der Waals surface area contributed by atoms with Gasteiger partial charge in [0.1, 0.15) is 12.1 Å². The zero-order valence-electron chi connectivity index (χ0n) is 14.8. The van der Waals surface area contributed by atoms with Gasteiger partial charge in [-0.3, -0.25) is 4.90 Å². The lowest BCUT2D eigenvalue weighted by molar-refractivity contribution is 0.245. The molecule has 6 nitrogen and oxygen atoms in total. The normalized spacial score (nSPS) is 11.0. The van der Waals surface area contributed by atoms with E-state index in [1.807, 2.05) is 32.9 Å². The van der Waals surface area contributed by atoms with Crippen molar-refractivity contribution in [1.82, 2.24) is 14.3 Å². The van der Waals surface area contributed by atoms with Gasteiger partial charge in [-0.05, 0) is 56.7 Å². The maximum atomic E-state index is 13.2. The zero-order chi connectivity index (χ0) is 18.8. The summed E-state index contributed by atoms with van der Waals surface area (Å²) in [7, 11) is 0. The smallest absolute Gasteiger partial charge is 0.291 e. The molecule has 134 valence electrons. The van der Waals surface area contributed by atoms with Gasteiger partial charge in [0.05, 0.1) is 5.69 Å². The quantitative estimate of drug-likeness (QED) is 0.725. The standard InChI is InChI=1S/C19H19FN4O2/c1-13(2)23(16-10-8-15(20)9-11-16)18(25)22-12-21-24(19(22)26)17-7-5-4-6-14(17)3/h4-13H,1-3H3. The number of hydrogen-bond donors (Lipinski definition) is 0. The Kier molecular flexibility index (Phi) is 4.71. The fourth-order valence-corrected chi connectivity index (χ4v) is 2.75. The Morgan fingerprint density at radius 3 is 2.38 bits per heavy atom. The van der Waals surface area contributed by atoms with Crippen molar-refractivity contribution < 1.29 is 9.18 Å². The van der Waals surface area contributed by atoms with Gasteiger partial charge < -0.3 is 0 Å². The Labute approximate surface area is 150 Å². The van der Waals surface area contributed by atoms with E-state index in [4.69, 9.17) is 0 Å². The van der Waals surface area contributed by atoms with Crippen LogP contribution in [-0.2, 0) is 0 Å². The summed E-state index contributed by atoms with van der Waals surface area (Å²) >= 11 is 0. The predicted octanol–water partition coefficient (Wildman–Crippen LogP) is 3.36. The number of benzene rings is 2. The summed E-state index contributed by atoms with van der Waals surface area (Å²) < 4.78 is 15.3. The molecule has 2 aromatic carbocycles. The molecule has 1 heterocycles. The second-order valence-corrected chi connectivity index (χ2v) is 6.20. The van der Waals surface area contributed by atoms with Crippen LogP contribution in [0.25, 0.3) is 5.69 Å². The Morgan fingerprint density at radius 1 is 1.12 bits per heavy atom. The van der Waals surface area contributed by atoms with Crippen LogP contribution in [0.15, 0.2) is 59.7 Å². The van der Waals surface area contributed by atoms with Crippen LogP contribution in [0.1, 0.15) is 19.4 Å². The van der Waals surface area contributed by atoms with E-state index in [0.717, 1.165) is 10.1 Å². The Balaban J connectivity index is 2.03. The zero-order valence-corrected chi connectivity index (χ0v) is 14.8. The molecule has 0 aliphatic rings. The minimum atomic E-state index is -0.558. The van der Waals surface area contributed by atoms with Crippen molar-refractivity contribution in [3.05, 3.63) is 76.7 Å². The largest absolute Gasteiger partial charge is 0.358 e. The van der Waals surface area contributed by atoms with E-state index >= 15 is 0 Å². The molecule has 0 bridgehead atoms. The lowest BCUT2D eigenvalue weighted by Gasteiger charge is -2.26. The van der Waals surface area contributed by atoms with Gasteiger partial charge >= 0.3 is 11.7 Å². The van der Waals surface area contributed by atoms with Gasteiger partial charge in [-0.2, -0.15) is 14.3 Å². The van der Waals surface area contributed by atoms with Crippen LogP contribution in [0.3, 0.4) is 0 Å². The monoisotopic (exact) mass is 354 g/mol. The molecule has 26 heavy (non-hydrogen) atoms. The second-order valence-electron chi connectivity index (χ2n) is 6.20. The molecule has 7 heteroatoms. The first-order valence-electron chi connectivity index (χ1n) is 8.22. The molecule has 1 aromatic heterocycles. The fraction of sp³-hybridized carbons (Fsp3) is 0.211. The Morgan fingerprint density at radius 2 is 1.77 bits per heavy atom. The molecule has 0 aliphatic carbocycles. The maximum Gasteiger partial charge on any atom is 0.358 e. The number of carbonyl (C=O) groups excluding carboxylic acids is 1. The lowest BCUT2D eigenvalue weighted by atomic mass is 10.2. The Bertz CT molecular complexity index is 989. The molecule has 3 aromatic rings. The first-order valence-corrected chi connectivity index (χ1v) is 8.22. The van der Waals surface area contributed by atoms with Gasteiger partial charge in [0.15, 0.2) is 0 Å². The number of para-hydroxylation sites is 1. The van der Waals surface area contributed by atoms with E-state index in [-0.39, 0.29) is 6.04 Å². The van der Waals surface area contributed by atoms with Gasteiger partial charge in [0, 0.05) is 11.7 Å². The average Bonchev–Trinajstić information content (AvgIpc) is 2.98. The molecule has 0 unspecified atom stereocenters. The molecule has 0 atom stereocenters. The number of amides is 1. The molecule has 0 aliphatic heterocycles. The SMILES string of the molecule is Cc1ccccc1-n1ncn(C(=O)N(c2ccc(F)cc2)C(C)C)c1=O. The summed E-state index contributed by atoms with van der Waals surface area (Å²) in [6, 6.07) is 12.1. The van der Waals surface area contributed by atoms with E-state index < -0.39 is 17.5 Å². The Hall–Kier alpha value is -3.22. The van der Waals surface area contributed by atoms with Crippen LogP contribution >= 0.6 is 0 Å². The summed E-state index contributed by atoms with van der Waals surface area (Å²) in [4.78, 5) is 27.1. The molecular formula is C19H19FN4O2. The van der Waals surface area contributed by atoms with Crippen LogP contribution in [0.5, 0.6) is 0 Å². The van der Waals surface area contributed by atoms with E-state index in [1.165, 1.54) is 40.2 Å². The maximum absolute atomic E-state index is 13.2. The first-order chi connectivity index (χ1) is 12.4. The minimum absolute atomic E-state index is 0.235. The summed E-state index contributed by atoms with van der Waals surface area (Å²) in [6.07, 6.45) is 1.20. The van der Waals surface area contributed by atoms with Gasteiger partial charge in [-0.15, -0.1) is 0 Å². The number of anilines is 1. The molecular weight excluding hydrogens is 335 g/mol. The van der Waals surface area contributed by atoms with Gasteiger partial charge in [0.2, 0.25) is 0 Å². The highest BCUT2D eigenvalue weighted by Gasteiger charge is 2.24. The minimum Gasteiger partial charge on any atom is -0.291 e. The lowest BCUT2D eigenvalue weighted by Crippen LogP contribution is -2.43. The van der Waals surface area contributed by atoms with Gasteiger partial charge in [-0.1, -0.05) is 18.2 Å². The summed E-state index contributed by atoms with van der Waals surface area (Å²) in [5.74, 6) is -0.394. The van der Waals surface area contributed by atoms with Crippen molar-refractivity contribution in [1.29, 1.82) is 0 Å². The number of hydrogen-bond acceptors (Lipinski definition) is 3. The fourth-order valence-electron chi connectivity index (χ4n) is 2.75. The van der Waals surface area contributed by atoms with E-state index in [1.54, 1.807) is 12.1 Å². The van der Waals surface area contributed by atoms with Gasteiger partial charge in [0.25, 0.3) is 0 Å². The molecule has 0 saturated carbocycles. The molecule has 0 fully saturated rings. The number of aryl methyl sites for hydroxylation is 1. The van der Waals surface area contributed by atoms with Crippen LogP contribution in [0.2, 0.25) is 0 Å². The van der Waals surface area contributed by atoms with E-state index in [0.29, 0.717) is 11.4 Å². The third kappa shape index (κ3) is 3.15. The molecule has 1 amide bonds. The van der Waals surface area contributed by atoms with Gasteiger partial charge in [-0.25, -0.2) is 14.0 Å². The second kappa shape index (κ2) is 6.95. The third-order valence-corrected chi connectivity index (χ3v) is 4.05. The predicted molar refractivity (Wildman–Crippen MR) is 97.4 cm³/mol. The van der Waals surface area contributed by atoms with Crippen molar-refractivity contribution in [3.8, 4) is 5.69 Å². The number of rotatable bonds is 3. The third-order valence-electron chi connectivity index (χ3n) is 4.05. The van der Waals surface area contributed by atoms with Crippen molar-refractivity contribution >= 4 is 11.7 Å². The van der Waals surface area contributed by atoms with Crippen LogP contribution in [0.4, 0.5) is 14.9 Å². The highest BCUT2D eigenvalue weighted by molar-refractivity contribution is 5.93. The van der Waals surface area contributed by atoms with Crippen LogP contribution in [0, 0.1) is 12.7 Å². The summed E-state index contributed by atoms with van der Waals surface area (Å²) in [5, 5.41) is 4.08. The number of carbonyl (C=O) groups is 1. The average molecular weight is 354 g/mol. The van der Waals surface area contributed by atoms with Crippen molar-refractivity contribution in [3.63, 3.8) is 0 Å². The summed E-state index contributed by atoms with van der Waals surface area (Å²) in [5.41, 5.74) is 1.42. The van der Waals surface area contributed by atoms with Crippen molar-refractivity contribution in [2.75, 3.05) is 4.90 Å². The van der Waals surface area contributed by atoms with Crippen LogP contribution in [-0.4, -0.2) is 26.4 Å². The molecule has 0 saturated heterocycles. The topological polar surface area (TPSA) is 60.1 Å². The molecule has 0 N–H and O–H groups in total. The van der Waals surface area contributed by atoms with Crippen molar-refractivity contribution in [2.24, 2.45) is 0 Å². The van der Waals surface area contributed by atoms with Crippen molar-refractivity contribution in [2.45, 2.75) is 26.8 Å². The molecule has 3 rings (SSSR count). The van der Waals surface area contributed by atoms with Crippen LogP contribution < -0.4 is 10.6 Å². The number of halogens is 1. The number of aromatic nitrogens is 3. The first kappa shape index (κ1) is 17.6. The molecule has 0 radical (unpaired) electrons. The van der Waals surface area contributed by atoms with E-state index in [2.05, 4.69) is 5.10 Å². The highest BCUT2D eigenvalue weighted by Crippen LogP contribution is 2.19.